The van der Waals surface area contributed by atoms with Gasteiger partial charge in [-0.3, -0.25) is 9.78 Å². The van der Waals surface area contributed by atoms with E-state index < -0.39 is 5.91 Å². The zero-order valence-corrected chi connectivity index (χ0v) is 19.1. The Hall–Kier alpha value is -3.61. The maximum Gasteiger partial charge on any atom is 0.272 e. The first-order valence-electron chi connectivity index (χ1n) is 9.97. The van der Waals surface area contributed by atoms with Crippen LogP contribution in [0.5, 0.6) is 11.5 Å². The molecule has 4 aromatic rings. The SMILES string of the molecule is COc1ccc(/C=N\NC(=O)c2ccc(Cl)cc2Cl)cc1COc1cccc2cccnc12. The molecule has 1 amide bonds. The number of pyridine rings is 1. The van der Waals surface area contributed by atoms with Gasteiger partial charge in [0.15, 0.2) is 0 Å². The highest BCUT2D eigenvalue weighted by molar-refractivity contribution is 6.36. The molecule has 0 bridgehead atoms. The molecule has 1 heterocycles. The number of hydrazone groups is 1. The average molecular weight is 480 g/mol. The van der Waals surface area contributed by atoms with Gasteiger partial charge in [-0.05, 0) is 54.1 Å². The van der Waals surface area contributed by atoms with Gasteiger partial charge in [-0.2, -0.15) is 5.10 Å². The van der Waals surface area contributed by atoms with E-state index in [9.17, 15) is 4.79 Å². The Kier molecular flexibility index (Phi) is 7.07. The van der Waals surface area contributed by atoms with E-state index in [2.05, 4.69) is 15.5 Å². The van der Waals surface area contributed by atoms with Gasteiger partial charge < -0.3 is 9.47 Å². The monoisotopic (exact) mass is 479 g/mol. The van der Waals surface area contributed by atoms with Gasteiger partial charge in [0.2, 0.25) is 0 Å². The Morgan fingerprint density at radius 2 is 1.91 bits per heavy atom. The van der Waals surface area contributed by atoms with Gasteiger partial charge in [0.1, 0.15) is 23.6 Å². The molecule has 0 fully saturated rings. The van der Waals surface area contributed by atoms with Crippen LogP contribution in [0.25, 0.3) is 10.9 Å². The third-order valence-corrected chi connectivity index (χ3v) is 5.39. The van der Waals surface area contributed by atoms with Crippen molar-refractivity contribution in [2.45, 2.75) is 6.61 Å². The van der Waals surface area contributed by atoms with Crippen molar-refractivity contribution >= 4 is 46.2 Å². The average Bonchev–Trinajstić information content (AvgIpc) is 2.82. The lowest BCUT2D eigenvalue weighted by Crippen LogP contribution is -2.18. The van der Waals surface area contributed by atoms with Crippen molar-refractivity contribution in [2.24, 2.45) is 5.10 Å². The number of methoxy groups -OCH3 is 1. The quantitative estimate of drug-likeness (QED) is 0.264. The molecule has 0 aliphatic heterocycles. The van der Waals surface area contributed by atoms with Gasteiger partial charge in [-0.25, -0.2) is 5.43 Å². The molecule has 0 unspecified atom stereocenters. The summed E-state index contributed by atoms with van der Waals surface area (Å²) in [7, 11) is 1.60. The summed E-state index contributed by atoms with van der Waals surface area (Å²) >= 11 is 11.9. The molecule has 6 nitrogen and oxygen atoms in total. The molecule has 166 valence electrons. The van der Waals surface area contributed by atoms with Crippen LogP contribution in [-0.4, -0.2) is 24.2 Å². The minimum absolute atomic E-state index is 0.252. The number of benzene rings is 3. The molecule has 0 radical (unpaired) electrons. The lowest BCUT2D eigenvalue weighted by atomic mass is 10.1. The lowest BCUT2D eigenvalue weighted by molar-refractivity contribution is 0.0955. The van der Waals surface area contributed by atoms with Crippen LogP contribution in [0.4, 0.5) is 0 Å². The Labute approximate surface area is 200 Å². The molecular weight excluding hydrogens is 461 g/mol. The number of nitrogens with zero attached hydrogens (tertiary/aromatic N) is 2. The molecule has 0 saturated heterocycles. The van der Waals surface area contributed by atoms with Gasteiger partial charge in [-0.1, -0.05) is 41.4 Å². The van der Waals surface area contributed by atoms with Crippen LogP contribution in [-0.2, 0) is 6.61 Å². The highest BCUT2D eigenvalue weighted by Gasteiger charge is 2.10. The van der Waals surface area contributed by atoms with Crippen LogP contribution in [0.1, 0.15) is 21.5 Å². The predicted octanol–water partition coefficient (Wildman–Crippen LogP) is 5.89. The van der Waals surface area contributed by atoms with E-state index in [-0.39, 0.29) is 17.2 Å². The first kappa shape index (κ1) is 22.6. The molecule has 0 atom stereocenters. The molecule has 0 aliphatic rings. The van der Waals surface area contributed by atoms with E-state index in [1.165, 1.54) is 12.3 Å². The van der Waals surface area contributed by atoms with Crippen molar-refractivity contribution < 1.29 is 14.3 Å². The number of hydrogen-bond acceptors (Lipinski definition) is 5. The van der Waals surface area contributed by atoms with Gasteiger partial charge in [0.05, 0.1) is 23.9 Å². The Bertz CT molecular complexity index is 1340. The van der Waals surface area contributed by atoms with Crippen LogP contribution in [0.15, 0.2) is 78.0 Å². The topological polar surface area (TPSA) is 72.8 Å². The van der Waals surface area contributed by atoms with Gasteiger partial charge in [0.25, 0.3) is 5.91 Å². The van der Waals surface area contributed by atoms with Crippen molar-refractivity contribution in [2.75, 3.05) is 7.11 Å². The normalized spacial score (nSPS) is 11.0. The summed E-state index contributed by atoms with van der Waals surface area (Å²) in [6.07, 6.45) is 3.27. The Balaban J connectivity index is 1.47. The summed E-state index contributed by atoms with van der Waals surface area (Å²) < 4.78 is 11.5. The van der Waals surface area contributed by atoms with Crippen molar-refractivity contribution in [3.8, 4) is 11.5 Å². The summed E-state index contributed by atoms with van der Waals surface area (Å²) in [5, 5.41) is 5.73. The second-order valence-electron chi connectivity index (χ2n) is 7.01. The number of para-hydroxylation sites is 1. The lowest BCUT2D eigenvalue weighted by Gasteiger charge is -2.12. The molecule has 0 aliphatic carbocycles. The van der Waals surface area contributed by atoms with Crippen LogP contribution >= 0.6 is 23.2 Å². The summed E-state index contributed by atoms with van der Waals surface area (Å²) in [5.74, 6) is 0.923. The first-order chi connectivity index (χ1) is 16.0. The molecular formula is C25H19Cl2N3O3. The number of aromatic nitrogens is 1. The van der Waals surface area contributed by atoms with Crippen LogP contribution in [0.3, 0.4) is 0 Å². The third-order valence-electron chi connectivity index (χ3n) is 4.84. The Morgan fingerprint density at radius 1 is 1.06 bits per heavy atom. The number of ether oxygens (including phenoxy) is 2. The molecule has 0 saturated carbocycles. The van der Waals surface area contributed by atoms with Crippen LogP contribution in [0.2, 0.25) is 10.0 Å². The van der Waals surface area contributed by atoms with E-state index in [0.29, 0.717) is 16.5 Å². The molecule has 33 heavy (non-hydrogen) atoms. The van der Waals surface area contributed by atoms with E-state index in [1.54, 1.807) is 25.4 Å². The second-order valence-corrected chi connectivity index (χ2v) is 7.86. The maximum atomic E-state index is 12.3. The van der Waals surface area contributed by atoms with E-state index >= 15 is 0 Å². The summed E-state index contributed by atoms with van der Waals surface area (Å²) in [6, 6.07) is 19.8. The largest absolute Gasteiger partial charge is 0.496 e. The molecule has 4 rings (SSSR count). The van der Waals surface area contributed by atoms with Crippen molar-refractivity contribution in [3.05, 3.63) is 99.7 Å². The number of carbonyl (C=O) groups is 1. The fourth-order valence-corrected chi connectivity index (χ4v) is 3.73. The molecule has 1 N–H and O–H groups in total. The minimum atomic E-state index is -0.437. The van der Waals surface area contributed by atoms with Crippen LogP contribution < -0.4 is 14.9 Å². The van der Waals surface area contributed by atoms with Gasteiger partial charge >= 0.3 is 0 Å². The molecule has 0 spiro atoms. The fraction of sp³-hybridized carbons (Fsp3) is 0.0800. The molecule has 1 aromatic heterocycles. The third kappa shape index (κ3) is 5.42. The van der Waals surface area contributed by atoms with Crippen molar-refractivity contribution in [1.29, 1.82) is 0 Å². The number of fused-ring (bicyclic) bond motifs is 1. The summed E-state index contributed by atoms with van der Waals surface area (Å²) in [5.41, 5.74) is 5.12. The zero-order valence-electron chi connectivity index (χ0n) is 17.6. The Morgan fingerprint density at radius 3 is 2.73 bits per heavy atom. The first-order valence-corrected chi connectivity index (χ1v) is 10.7. The summed E-state index contributed by atoms with van der Waals surface area (Å²) in [6.45, 7) is 0.271. The smallest absolute Gasteiger partial charge is 0.272 e. The number of nitrogens with one attached hydrogen (secondary N) is 1. The summed E-state index contributed by atoms with van der Waals surface area (Å²) in [4.78, 5) is 16.7. The van der Waals surface area contributed by atoms with E-state index in [4.69, 9.17) is 32.7 Å². The fourth-order valence-electron chi connectivity index (χ4n) is 3.24. The number of hydrogen-bond donors (Lipinski definition) is 1. The standard InChI is InChI=1S/C25H19Cl2N3O3/c1-32-22-10-7-16(14-29-30-25(31)20-9-8-19(26)13-21(20)27)12-18(22)15-33-23-6-2-4-17-5-3-11-28-24(17)23/h2-14H,15H2,1H3,(H,30,31)/b29-14-. The van der Waals surface area contributed by atoms with E-state index in [1.807, 2.05) is 48.5 Å². The van der Waals surface area contributed by atoms with Crippen LogP contribution in [0, 0.1) is 0 Å². The maximum absolute atomic E-state index is 12.3. The second kappa shape index (κ2) is 10.3. The molecule has 3 aromatic carbocycles. The van der Waals surface area contributed by atoms with E-state index in [0.717, 1.165) is 22.0 Å². The van der Waals surface area contributed by atoms with Crippen molar-refractivity contribution in [1.82, 2.24) is 10.4 Å². The van der Waals surface area contributed by atoms with Crippen molar-refractivity contribution in [3.63, 3.8) is 0 Å². The minimum Gasteiger partial charge on any atom is -0.496 e. The van der Waals surface area contributed by atoms with Gasteiger partial charge in [0, 0.05) is 22.2 Å². The van der Waals surface area contributed by atoms with Gasteiger partial charge in [-0.15, -0.1) is 0 Å². The number of halogens is 2. The highest BCUT2D eigenvalue weighted by atomic mass is 35.5. The predicted molar refractivity (Wildman–Crippen MR) is 131 cm³/mol. The highest BCUT2D eigenvalue weighted by Crippen LogP contribution is 2.26. The molecule has 8 heteroatoms. The number of rotatable bonds is 7. The number of carbonyl (C=O) groups excluding carboxylic acids is 1. The zero-order chi connectivity index (χ0) is 23.2. The number of amides is 1.